The molecule has 2 aromatic carbocycles. The van der Waals surface area contributed by atoms with Crippen LogP contribution in [-0.2, 0) is 11.2 Å². The number of carbonyl (C=O) groups excluding carboxylic acids is 1. The Bertz CT molecular complexity index is 827. The van der Waals surface area contributed by atoms with Gasteiger partial charge in [-0.2, -0.15) is 0 Å². The summed E-state index contributed by atoms with van der Waals surface area (Å²) in [5.41, 5.74) is 3.39. The first-order valence-corrected chi connectivity index (χ1v) is 9.52. The normalized spacial score (nSPS) is 17.0. The van der Waals surface area contributed by atoms with E-state index in [4.69, 9.17) is 4.74 Å². The molecule has 2 aromatic rings. The lowest BCUT2D eigenvalue weighted by atomic mass is 9.90. The van der Waals surface area contributed by atoms with Gasteiger partial charge >= 0.3 is 6.09 Å². The van der Waals surface area contributed by atoms with Crippen molar-refractivity contribution >= 4 is 27.7 Å². The van der Waals surface area contributed by atoms with E-state index in [1.165, 1.54) is 12.1 Å². The molecule has 5 heteroatoms. The van der Waals surface area contributed by atoms with Crippen molar-refractivity contribution in [3.63, 3.8) is 0 Å². The van der Waals surface area contributed by atoms with Crippen LogP contribution in [0.5, 0.6) is 0 Å². The van der Waals surface area contributed by atoms with Gasteiger partial charge < -0.3 is 4.74 Å². The fourth-order valence-electron chi connectivity index (χ4n) is 3.37. The Morgan fingerprint density at radius 2 is 1.88 bits per heavy atom. The van der Waals surface area contributed by atoms with Crippen LogP contribution < -0.4 is 4.90 Å². The largest absolute Gasteiger partial charge is 0.443 e. The number of benzene rings is 2. The molecule has 0 aliphatic carbocycles. The molecule has 1 unspecified atom stereocenters. The molecule has 1 amide bonds. The van der Waals surface area contributed by atoms with Crippen LogP contribution in [0.3, 0.4) is 0 Å². The van der Waals surface area contributed by atoms with Gasteiger partial charge in [0.1, 0.15) is 11.4 Å². The maximum absolute atomic E-state index is 13.4. The standard InChI is InChI=1S/C21H23BrFNO2/c1-13-11-15-7-10-18(14-5-8-16(23)9-6-14)24(19(15)17(22)12-13)20(25)26-21(2,3)4/h5-6,8-9,11-12,18H,7,10H2,1-4H3. The number of anilines is 1. The van der Waals surface area contributed by atoms with Crippen molar-refractivity contribution in [2.24, 2.45) is 0 Å². The van der Waals surface area contributed by atoms with Gasteiger partial charge in [0, 0.05) is 4.47 Å². The Morgan fingerprint density at radius 3 is 2.50 bits per heavy atom. The molecular weight excluding hydrogens is 397 g/mol. The lowest BCUT2D eigenvalue weighted by molar-refractivity contribution is 0.0559. The second-order valence-corrected chi connectivity index (χ2v) is 8.57. The van der Waals surface area contributed by atoms with E-state index in [1.54, 1.807) is 17.0 Å². The molecule has 138 valence electrons. The minimum Gasteiger partial charge on any atom is -0.443 e. The van der Waals surface area contributed by atoms with Crippen molar-refractivity contribution in [2.45, 2.75) is 52.2 Å². The van der Waals surface area contributed by atoms with Crippen LogP contribution in [-0.4, -0.2) is 11.7 Å². The van der Waals surface area contributed by atoms with Gasteiger partial charge in [-0.25, -0.2) is 9.18 Å². The van der Waals surface area contributed by atoms with Crippen molar-refractivity contribution in [1.82, 2.24) is 0 Å². The summed E-state index contributed by atoms with van der Waals surface area (Å²) in [5.74, 6) is -0.286. The molecule has 3 nitrogen and oxygen atoms in total. The molecule has 0 saturated carbocycles. The predicted molar refractivity (Wildman–Crippen MR) is 105 cm³/mol. The van der Waals surface area contributed by atoms with Gasteiger partial charge in [-0.1, -0.05) is 18.2 Å². The molecular formula is C21H23BrFNO2. The molecule has 0 saturated heterocycles. The fourth-order valence-corrected chi connectivity index (χ4v) is 4.18. The Labute approximate surface area is 162 Å². The van der Waals surface area contributed by atoms with Gasteiger partial charge in [0.15, 0.2) is 0 Å². The van der Waals surface area contributed by atoms with Crippen LogP contribution in [0, 0.1) is 12.7 Å². The zero-order chi connectivity index (χ0) is 19.1. The fraction of sp³-hybridized carbons (Fsp3) is 0.381. The molecule has 1 atom stereocenters. The van der Waals surface area contributed by atoms with Gasteiger partial charge in [0.05, 0.1) is 11.7 Å². The number of nitrogens with zero attached hydrogens (tertiary/aromatic N) is 1. The molecule has 0 radical (unpaired) electrons. The molecule has 0 aromatic heterocycles. The molecule has 1 aliphatic heterocycles. The zero-order valence-corrected chi connectivity index (χ0v) is 17.1. The van der Waals surface area contributed by atoms with Crippen molar-refractivity contribution in [3.05, 3.63) is 63.4 Å². The Morgan fingerprint density at radius 1 is 1.23 bits per heavy atom. The Balaban J connectivity index is 2.10. The van der Waals surface area contributed by atoms with E-state index in [9.17, 15) is 9.18 Å². The molecule has 1 heterocycles. The summed E-state index contributed by atoms with van der Waals surface area (Å²) in [6, 6.07) is 10.3. The molecule has 3 rings (SSSR count). The summed E-state index contributed by atoms with van der Waals surface area (Å²) in [6.45, 7) is 7.60. The zero-order valence-electron chi connectivity index (χ0n) is 15.5. The van der Waals surface area contributed by atoms with Crippen LogP contribution in [0.25, 0.3) is 0 Å². The lowest BCUT2D eigenvalue weighted by Gasteiger charge is -2.39. The predicted octanol–water partition coefficient (Wildman–Crippen LogP) is 6.33. The highest BCUT2D eigenvalue weighted by atomic mass is 79.9. The Kier molecular flexibility index (Phi) is 5.11. The number of aryl methyl sites for hydroxylation is 2. The number of hydrogen-bond donors (Lipinski definition) is 0. The van der Waals surface area contributed by atoms with E-state index in [0.29, 0.717) is 0 Å². The first-order valence-electron chi connectivity index (χ1n) is 8.72. The van der Waals surface area contributed by atoms with Crippen LogP contribution >= 0.6 is 15.9 Å². The van der Waals surface area contributed by atoms with E-state index in [2.05, 4.69) is 22.0 Å². The lowest BCUT2D eigenvalue weighted by Crippen LogP contribution is -2.42. The molecule has 26 heavy (non-hydrogen) atoms. The smallest absolute Gasteiger partial charge is 0.415 e. The molecule has 0 bridgehead atoms. The monoisotopic (exact) mass is 419 g/mol. The topological polar surface area (TPSA) is 29.5 Å². The highest BCUT2D eigenvalue weighted by molar-refractivity contribution is 9.10. The van der Waals surface area contributed by atoms with E-state index in [-0.39, 0.29) is 11.9 Å². The highest BCUT2D eigenvalue weighted by Gasteiger charge is 2.36. The van der Waals surface area contributed by atoms with E-state index < -0.39 is 11.7 Å². The van der Waals surface area contributed by atoms with E-state index in [1.807, 2.05) is 33.8 Å². The molecule has 0 spiro atoms. The maximum atomic E-state index is 13.4. The second kappa shape index (κ2) is 7.03. The number of fused-ring (bicyclic) bond motifs is 1. The molecule has 1 aliphatic rings. The minimum atomic E-state index is -0.598. The third kappa shape index (κ3) is 3.93. The highest BCUT2D eigenvalue weighted by Crippen LogP contribution is 2.44. The van der Waals surface area contributed by atoms with Crippen LogP contribution in [0.4, 0.5) is 14.9 Å². The van der Waals surface area contributed by atoms with E-state index in [0.717, 1.165) is 39.7 Å². The summed E-state index contributed by atoms with van der Waals surface area (Å²) in [5, 5.41) is 0. The van der Waals surface area contributed by atoms with Gasteiger partial charge in [-0.05, 0) is 91.4 Å². The number of amides is 1. The van der Waals surface area contributed by atoms with Gasteiger partial charge in [-0.3, -0.25) is 4.90 Å². The third-order valence-corrected chi connectivity index (χ3v) is 4.98. The average Bonchev–Trinajstić information content (AvgIpc) is 2.53. The van der Waals surface area contributed by atoms with Gasteiger partial charge in [-0.15, -0.1) is 0 Å². The van der Waals surface area contributed by atoms with Crippen LogP contribution in [0.1, 0.15) is 49.9 Å². The number of hydrogen-bond acceptors (Lipinski definition) is 2. The van der Waals surface area contributed by atoms with Crippen molar-refractivity contribution < 1.29 is 13.9 Å². The van der Waals surface area contributed by atoms with Crippen LogP contribution in [0.15, 0.2) is 40.9 Å². The molecule has 0 fully saturated rings. The summed E-state index contributed by atoms with van der Waals surface area (Å²) in [6.07, 6.45) is 1.21. The number of carbonyl (C=O) groups is 1. The van der Waals surface area contributed by atoms with Crippen molar-refractivity contribution in [3.8, 4) is 0 Å². The second-order valence-electron chi connectivity index (χ2n) is 7.71. The summed E-state index contributed by atoms with van der Waals surface area (Å²) in [7, 11) is 0. The third-order valence-electron chi connectivity index (χ3n) is 4.37. The summed E-state index contributed by atoms with van der Waals surface area (Å²) in [4.78, 5) is 14.8. The first kappa shape index (κ1) is 18.9. The number of halogens is 2. The summed E-state index contributed by atoms with van der Waals surface area (Å²) >= 11 is 3.62. The quantitative estimate of drug-likeness (QED) is 0.540. The SMILES string of the molecule is Cc1cc(Br)c2c(c1)CCC(c1ccc(F)cc1)N2C(=O)OC(C)(C)C. The van der Waals surface area contributed by atoms with Gasteiger partial charge in [0.25, 0.3) is 0 Å². The molecule has 0 N–H and O–H groups in total. The number of ether oxygens (including phenoxy) is 1. The maximum Gasteiger partial charge on any atom is 0.415 e. The summed E-state index contributed by atoms with van der Waals surface area (Å²) < 4.78 is 19.9. The van der Waals surface area contributed by atoms with Gasteiger partial charge in [0.2, 0.25) is 0 Å². The van der Waals surface area contributed by atoms with Crippen molar-refractivity contribution in [1.29, 1.82) is 0 Å². The van der Waals surface area contributed by atoms with E-state index >= 15 is 0 Å². The Hall–Kier alpha value is -1.88. The van der Waals surface area contributed by atoms with Crippen LogP contribution in [0.2, 0.25) is 0 Å². The minimum absolute atomic E-state index is 0.197. The number of rotatable bonds is 1. The average molecular weight is 420 g/mol. The first-order chi connectivity index (χ1) is 12.2. The van der Waals surface area contributed by atoms with Crippen molar-refractivity contribution in [2.75, 3.05) is 4.90 Å².